The van der Waals surface area contributed by atoms with E-state index in [9.17, 15) is 9.59 Å². The molecule has 0 unspecified atom stereocenters. The first-order chi connectivity index (χ1) is 12.5. The fourth-order valence-corrected chi connectivity index (χ4v) is 3.62. The van der Waals surface area contributed by atoms with Gasteiger partial charge in [0.25, 0.3) is 5.56 Å². The maximum Gasteiger partial charge on any atom is 0.255 e. The van der Waals surface area contributed by atoms with Gasteiger partial charge in [-0.1, -0.05) is 62.4 Å². The summed E-state index contributed by atoms with van der Waals surface area (Å²) in [6.07, 6.45) is 7.13. The molecule has 1 saturated carbocycles. The van der Waals surface area contributed by atoms with Crippen LogP contribution < -0.4 is 10.5 Å². The third-order valence-electron chi connectivity index (χ3n) is 5.28. The van der Waals surface area contributed by atoms with Crippen molar-refractivity contribution in [3.05, 3.63) is 57.5 Å². The third kappa shape index (κ3) is 4.40. The monoisotopic (exact) mass is 353 g/mol. The molecule has 0 amide bonds. The van der Waals surface area contributed by atoms with Crippen LogP contribution in [0.3, 0.4) is 0 Å². The van der Waals surface area contributed by atoms with Gasteiger partial charge in [-0.05, 0) is 19.3 Å². The van der Waals surface area contributed by atoms with Crippen LogP contribution in [0.4, 0.5) is 5.95 Å². The molecule has 1 N–H and O–H groups in total. The van der Waals surface area contributed by atoms with E-state index in [4.69, 9.17) is 4.98 Å². The Hall–Kier alpha value is -2.43. The molecule has 1 heterocycles. The molecule has 1 aromatic carbocycles. The number of ketones is 1. The summed E-state index contributed by atoms with van der Waals surface area (Å²) < 4.78 is 0. The number of Topliss-reactive ketones (excluding diaryl/α,β-unsaturated/α-hetero) is 1. The van der Waals surface area contributed by atoms with E-state index < -0.39 is 0 Å². The highest BCUT2D eigenvalue weighted by atomic mass is 16.1. The normalized spacial score (nSPS) is 15.0. The van der Waals surface area contributed by atoms with Gasteiger partial charge >= 0.3 is 0 Å². The van der Waals surface area contributed by atoms with Crippen molar-refractivity contribution in [2.75, 3.05) is 18.5 Å². The molecule has 0 radical (unpaired) electrons. The van der Waals surface area contributed by atoms with E-state index in [1.807, 2.05) is 25.1 Å². The topological polar surface area (TPSA) is 66.1 Å². The second kappa shape index (κ2) is 8.30. The molecule has 1 fully saturated rings. The summed E-state index contributed by atoms with van der Waals surface area (Å²) in [5.74, 6) is 1.08. The van der Waals surface area contributed by atoms with Gasteiger partial charge in [0, 0.05) is 18.2 Å². The van der Waals surface area contributed by atoms with Crippen molar-refractivity contribution in [3.63, 3.8) is 0 Å². The van der Waals surface area contributed by atoms with Gasteiger partial charge in [-0.15, -0.1) is 0 Å². The lowest BCUT2D eigenvalue weighted by Crippen LogP contribution is -2.30. The molecule has 138 valence electrons. The van der Waals surface area contributed by atoms with Crippen LogP contribution in [-0.4, -0.2) is 29.3 Å². The summed E-state index contributed by atoms with van der Waals surface area (Å²) >= 11 is 0. The fraction of sp³-hybridized carbons (Fsp3) is 0.476. The number of rotatable bonds is 6. The summed E-state index contributed by atoms with van der Waals surface area (Å²) in [4.78, 5) is 34.0. The second-order valence-corrected chi connectivity index (χ2v) is 7.31. The number of nitrogens with zero attached hydrogens (tertiary/aromatic N) is 2. The highest BCUT2D eigenvalue weighted by molar-refractivity contribution is 5.98. The van der Waals surface area contributed by atoms with E-state index in [0.29, 0.717) is 23.0 Å². The third-order valence-corrected chi connectivity index (χ3v) is 5.28. The number of hydrogen-bond donors (Lipinski definition) is 1. The molecule has 1 aliphatic rings. The van der Waals surface area contributed by atoms with E-state index in [-0.39, 0.29) is 17.9 Å². The van der Waals surface area contributed by atoms with Gasteiger partial charge in [-0.25, -0.2) is 4.98 Å². The van der Waals surface area contributed by atoms with Gasteiger partial charge in [0.05, 0.1) is 12.2 Å². The molecule has 5 heteroatoms. The Balaban J connectivity index is 1.76. The maximum absolute atomic E-state index is 12.4. The number of benzene rings is 1. The number of aromatic amines is 1. The van der Waals surface area contributed by atoms with Crippen molar-refractivity contribution in [3.8, 4) is 0 Å². The Labute approximate surface area is 154 Å². The number of nitrogens with one attached hydrogen (secondary N) is 1. The average molecular weight is 353 g/mol. The van der Waals surface area contributed by atoms with E-state index in [1.54, 1.807) is 24.1 Å². The van der Waals surface area contributed by atoms with Crippen LogP contribution in [0.15, 0.2) is 35.1 Å². The minimum absolute atomic E-state index is 0.00477. The molecule has 1 aliphatic carbocycles. The van der Waals surface area contributed by atoms with E-state index in [2.05, 4.69) is 4.98 Å². The Kier molecular flexibility index (Phi) is 5.86. The zero-order valence-corrected chi connectivity index (χ0v) is 15.6. The Morgan fingerprint density at radius 1 is 1.19 bits per heavy atom. The van der Waals surface area contributed by atoms with Gasteiger partial charge in [-0.3, -0.25) is 14.6 Å². The van der Waals surface area contributed by atoms with Gasteiger partial charge in [0.15, 0.2) is 5.78 Å². The van der Waals surface area contributed by atoms with Crippen molar-refractivity contribution in [1.29, 1.82) is 0 Å². The van der Waals surface area contributed by atoms with Crippen LogP contribution in [0, 0.1) is 12.8 Å². The van der Waals surface area contributed by atoms with Crippen molar-refractivity contribution < 1.29 is 4.79 Å². The summed E-state index contributed by atoms with van der Waals surface area (Å²) in [5, 5.41) is 0. The number of hydrogen-bond acceptors (Lipinski definition) is 4. The van der Waals surface area contributed by atoms with Gasteiger partial charge in [0.1, 0.15) is 0 Å². The molecule has 0 spiro atoms. The fourth-order valence-electron chi connectivity index (χ4n) is 3.62. The molecule has 0 saturated heterocycles. The Bertz CT molecular complexity index is 808. The predicted octanol–water partition coefficient (Wildman–Crippen LogP) is 3.52. The number of carbonyl (C=O) groups excluding carboxylic acids is 1. The van der Waals surface area contributed by atoms with E-state index in [0.717, 1.165) is 12.1 Å². The molecular weight excluding hydrogens is 326 g/mol. The second-order valence-electron chi connectivity index (χ2n) is 7.31. The molecule has 2 aromatic rings. The zero-order valence-electron chi connectivity index (χ0n) is 15.6. The van der Waals surface area contributed by atoms with Crippen molar-refractivity contribution in [2.45, 2.75) is 45.4 Å². The van der Waals surface area contributed by atoms with Gasteiger partial charge in [0.2, 0.25) is 5.95 Å². The highest BCUT2D eigenvalue weighted by Crippen LogP contribution is 2.27. The Morgan fingerprint density at radius 2 is 1.88 bits per heavy atom. The summed E-state index contributed by atoms with van der Waals surface area (Å²) in [6, 6.07) is 9.19. The molecule has 0 atom stereocenters. The lowest BCUT2D eigenvalue weighted by Gasteiger charge is -2.23. The van der Waals surface area contributed by atoms with E-state index >= 15 is 0 Å². The molecular formula is C21H27N3O2. The lowest BCUT2D eigenvalue weighted by molar-refractivity contribution is 0.1000. The molecule has 5 nitrogen and oxygen atoms in total. The minimum atomic E-state index is -0.111. The van der Waals surface area contributed by atoms with Crippen LogP contribution in [0.1, 0.15) is 53.7 Å². The quantitative estimate of drug-likeness (QED) is 0.807. The molecule has 1 aromatic heterocycles. The lowest BCUT2D eigenvalue weighted by atomic mass is 9.85. The predicted molar refractivity (Wildman–Crippen MR) is 104 cm³/mol. The smallest absolute Gasteiger partial charge is 0.255 e. The van der Waals surface area contributed by atoms with Crippen molar-refractivity contribution in [1.82, 2.24) is 9.97 Å². The summed E-state index contributed by atoms with van der Waals surface area (Å²) in [5.41, 5.74) is 2.12. The summed E-state index contributed by atoms with van der Waals surface area (Å²) in [6.45, 7) is 2.02. The van der Waals surface area contributed by atoms with Gasteiger partial charge < -0.3 is 4.90 Å². The maximum atomic E-state index is 12.4. The standard InChI is InChI=1S/C21H27N3O2/c1-15-18(13-16-9-5-3-6-10-16)22-21(23-20(15)26)24(2)14-19(25)17-11-7-4-8-12-17/h4,7-8,11-12,16H,3,5-6,9-10,13-14H2,1-2H3,(H,22,23,26). The first-order valence-corrected chi connectivity index (χ1v) is 9.44. The first-order valence-electron chi connectivity index (χ1n) is 9.44. The minimum Gasteiger partial charge on any atom is -0.338 e. The molecule has 0 bridgehead atoms. The molecule has 3 rings (SSSR count). The number of aromatic nitrogens is 2. The van der Waals surface area contributed by atoms with Crippen molar-refractivity contribution >= 4 is 11.7 Å². The number of H-pyrrole nitrogens is 1. The van der Waals surface area contributed by atoms with Crippen LogP contribution in [-0.2, 0) is 6.42 Å². The highest BCUT2D eigenvalue weighted by Gasteiger charge is 2.19. The average Bonchev–Trinajstić information content (AvgIpc) is 2.66. The number of likely N-dealkylation sites (N-methyl/N-ethyl adjacent to an activating group) is 1. The Morgan fingerprint density at radius 3 is 2.58 bits per heavy atom. The van der Waals surface area contributed by atoms with Crippen LogP contribution in [0.5, 0.6) is 0 Å². The number of anilines is 1. The first kappa shape index (κ1) is 18.4. The van der Waals surface area contributed by atoms with Crippen molar-refractivity contribution in [2.24, 2.45) is 5.92 Å². The SMILES string of the molecule is Cc1c(CC2CCCCC2)nc(N(C)CC(=O)c2ccccc2)[nH]c1=O. The van der Waals surface area contributed by atoms with Crippen LogP contribution >= 0.6 is 0 Å². The number of carbonyl (C=O) groups is 1. The van der Waals surface area contributed by atoms with Gasteiger partial charge in [-0.2, -0.15) is 0 Å². The largest absolute Gasteiger partial charge is 0.338 e. The van der Waals surface area contributed by atoms with E-state index in [1.165, 1.54) is 32.1 Å². The molecule has 0 aliphatic heterocycles. The zero-order chi connectivity index (χ0) is 18.5. The summed E-state index contributed by atoms with van der Waals surface area (Å²) in [7, 11) is 1.79. The van der Waals surface area contributed by atoms with Crippen LogP contribution in [0.25, 0.3) is 0 Å². The van der Waals surface area contributed by atoms with Crippen LogP contribution in [0.2, 0.25) is 0 Å². The molecule has 26 heavy (non-hydrogen) atoms.